The highest BCUT2D eigenvalue weighted by Gasteiger charge is 2.33. The molecule has 3 unspecified atom stereocenters. The second kappa shape index (κ2) is 3.81. The molecule has 82 valence electrons. The van der Waals surface area contributed by atoms with Crippen molar-refractivity contribution in [2.45, 2.75) is 32.4 Å². The van der Waals surface area contributed by atoms with Crippen LogP contribution >= 0.6 is 0 Å². The molecule has 0 aromatic heterocycles. The molecule has 1 aromatic carbocycles. The van der Waals surface area contributed by atoms with E-state index in [4.69, 9.17) is 5.11 Å². The third kappa shape index (κ3) is 2.29. The number of hydrogen-bond donors (Lipinski definition) is 2. The number of phenols is 1. The van der Waals surface area contributed by atoms with Gasteiger partial charge in [0.2, 0.25) is 0 Å². The zero-order valence-electron chi connectivity index (χ0n) is 9.00. The zero-order chi connectivity index (χ0) is 11.0. The Bertz CT molecular complexity index is 367. The quantitative estimate of drug-likeness (QED) is 0.802. The lowest BCUT2D eigenvalue weighted by molar-refractivity contribution is 0.462. The maximum atomic E-state index is 13.5. The Morgan fingerprint density at radius 1 is 1.53 bits per heavy atom. The van der Waals surface area contributed by atoms with Crippen LogP contribution in [0.4, 0.5) is 4.39 Å². The van der Waals surface area contributed by atoms with Gasteiger partial charge in [0.05, 0.1) is 0 Å². The molecule has 15 heavy (non-hydrogen) atoms. The van der Waals surface area contributed by atoms with E-state index in [1.54, 1.807) is 6.07 Å². The summed E-state index contributed by atoms with van der Waals surface area (Å²) in [5, 5.41) is 12.5. The highest BCUT2D eigenvalue weighted by molar-refractivity contribution is 5.29. The monoisotopic (exact) mass is 209 g/mol. The van der Waals surface area contributed by atoms with Gasteiger partial charge in [-0.1, -0.05) is 13.0 Å². The van der Waals surface area contributed by atoms with Gasteiger partial charge in [-0.2, -0.15) is 0 Å². The smallest absolute Gasteiger partial charge is 0.131 e. The van der Waals surface area contributed by atoms with Gasteiger partial charge < -0.3 is 10.4 Å². The maximum Gasteiger partial charge on any atom is 0.131 e. The molecule has 0 amide bonds. The normalized spacial score (nSPS) is 26.3. The van der Waals surface area contributed by atoms with Gasteiger partial charge >= 0.3 is 0 Å². The Kier molecular flexibility index (Phi) is 2.65. The fourth-order valence-electron chi connectivity index (χ4n) is 1.83. The Hall–Kier alpha value is -1.09. The number of rotatable bonds is 3. The lowest BCUT2D eigenvalue weighted by Gasteiger charge is -2.14. The third-order valence-corrected chi connectivity index (χ3v) is 3.02. The van der Waals surface area contributed by atoms with Crippen LogP contribution in [0, 0.1) is 11.7 Å². The lowest BCUT2D eigenvalue weighted by atomic mass is 10.1. The van der Waals surface area contributed by atoms with Gasteiger partial charge in [-0.05, 0) is 25.3 Å². The molecule has 0 bridgehead atoms. The van der Waals surface area contributed by atoms with Crippen molar-refractivity contribution in [3.8, 4) is 5.75 Å². The van der Waals surface area contributed by atoms with E-state index in [1.807, 2.05) is 6.92 Å². The first-order valence-electron chi connectivity index (χ1n) is 5.32. The molecule has 1 aromatic rings. The van der Waals surface area contributed by atoms with E-state index in [0.717, 1.165) is 6.07 Å². The number of nitrogens with one attached hydrogen (secondary N) is 1. The number of aromatic hydroxyl groups is 1. The van der Waals surface area contributed by atoms with Gasteiger partial charge in [-0.25, -0.2) is 4.39 Å². The van der Waals surface area contributed by atoms with E-state index in [1.165, 1.54) is 12.5 Å². The van der Waals surface area contributed by atoms with Crippen molar-refractivity contribution in [1.29, 1.82) is 0 Å². The molecule has 1 fully saturated rings. The summed E-state index contributed by atoms with van der Waals surface area (Å²) in [6, 6.07) is 4.83. The molecule has 3 atom stereocenters. The summed E-state index contributed by atoms with van der Waals surface area (Å²) in [5.41, 5.74) is 0.618. The minimum Gasteiger partial charge on any atom is -0.508 e. The molecule has 1 aliphatic carbocycles. The molecule has 2 rings (SSSR count). The molecule has 0 aliphatic heterocycles. The molecule has 2 N–H and O–H groups in total. The minimum absolute atomic E-state index is 0.000509. The topological polar surface area (TPSA) is 32.3 Å². The van der Waals surface area contributed by atoms with Crippen LogP contribution in [0.25, 0.3) is 0 Å². The van der Waals surface area contributed by atoms with E-state index in [0.29, 0.717) is 17.5 Å². The van der Waals surface area contributed by atoms with E-state index in [9.17, 15) is 4.39 Å². The lowest BCUT2D eigenvalue weighted by Crippen LogP contribution is -2.22. The first-order valence-corrected chi connectivity index (χ1v) is 5.32. The molecular formula is C12H16FNO. The van der Waals surface area contributed by atoms with Crippen LogP contribution in [0.5, 0.6) is 5.75 Å². The summed E-state index contributed by atoms with van der Waals surface area (Å²) in [4.78, 5) is 0. The summed E-state index contributed by atoms with van der Waals surface area (Å²) in [6.07, 6.45) is 1.17. The van der Waals surface area contributed by atoms with Crippen molar-refractivity contribution in [2.24, 2.45) is 5.92 Å². The molecule has 0 heterocycles. The fourth-order valence-corrected chi connectivity index (χ4v) is 1.83. The van der Waals surface area contributed by atoms with E-state index in [-0.39, 0.29) is 17.6 Å². The van der Waals surface area contributed by atoms with E-state index in [2.05, 4.69) is 12.2 Å². The van der Waals surface area contributed by atoms with E-state index >= 15 is 0 Å². The third-order valence-electron chi connectivity index (χ3n) is 3.02. The Labute approximate surface area is 89.1 Å². The molecule has 0 saturated heterocycles. The molecular weight excluding hydrogens is 193 g/mol. The predicted molar refractivity (Wildman–Crippen MR) is 57.2 cm³/mol. The van der Waals surface area contributed by atoms with Crippen molar-refractivity contribution >= 4 is 0 Å². The molecule has 0 radical (unpaired) electrons. The molecule has 0 spiro atoms. The first kappa shape index (κ1) is 10.4. The fraction of sp³-hybridized carbons (Fsp3) is 0.500. The van der Waals surface area contributed by atoms with E-state index < -0.39 is 0 Å². The summed E-state index contributed by atoms with van der Waals surface area (Å²) in [6.45, 7) is 4.12. The van der Waals surface area contributed by atoms with Gasteiger partial charge in [-0.3, -0.25) is 0 Å². The minimum atomic E-state index is -0.344. The number of phenolic OH excluding ortho intramolecular Hbond substituents is 1. The predicted octanol–water partition coefficient (Wildman–Crippen LogP) is 2.59. The summed E-state index contributed by atoms with van der Waals surface area (Å²) in [5.74, 6) is 0.333. The van der Waals surface area contributed by atoms with Crippen molar-refractivity contribution < 1.29 is 9.50 Å². The van der Waals surface area contributed by atoms with Crippen LogP contribution < -0.4 is 5.32 Å². The van der Waals surface area contributed by atoms with Gasteiger partial charge in [0.15, 0.2) is 0 Å². The Morgan fingerprint density at radius 3 is 2.73 bits per heavy atom. The second-order valence-corrected chi connectivity index (χ2v) is 4.41. The van der Waals surface area contributed by atoms with Gasteiger partial charge in [-0.15, -0.1) is 0 Å². The van der Waals surface area contributed by atoms with Crippen LogP contribution in [0.3, 0.4) is 0 Å². The summed E-state index contributed by atoms with van der Waals surface area (Å²) < 4.78 is 13.5. The number of benzene rings is 1. The highest BCUT2D eigenvalue weighted by atomic mass is 19.1. The molecule has 1 aliphatic rings. The van der Waals surface area contributed by atoms with Gasteiger partial charge in [0.1, 0.15) is 11.6 Å². The average molecular weight is 209 g/mol. The largest absolute Gasteiger partial charge is 0.508 e. The van der Waals surface area contributed by atoms with Crippen molar-refractivity contribution in [3.63, 3.8) is 0 Å². The van der Waals surface area contributed by atoms with Crippen molar-refractivity contribution in [1.82, 2.24) is 5.32 Å². The SMILES string of the molecule is CC(NC1CC1C)c1ccc(O)cc1F. The first-order chi connectivity index (χ1) is 7.08. The standard InChI is InChI=1S/C12H16FNO/c1-7-5-12(7)14-8(2)10-4-3-9(15)6-11(10)13/h3-4,6-8,12,14-15H,5H2,1-2H3. The van der Waals surface area contributed by atoms with Crippen LogP contribution in [0.1, 0.15) is 31.9 Å². The highest BCUT2D eigenvalue weighted by Crippen LogP contribution is 2.32. The molecule has 1 saturated carbocycles. The van der Waals surface area contributed by atoms with Crippen LogP contribution in [0.2, 0.25) is 0 Å². The second-order valence-electron chi connectivity index (χ2n) is 4.41. The van der Waals surface area contributed by atoms with Gasteiger partial charge in [0, 0.05) is 23.7 Å². The van der Waals surface area contributed by atoms with Gasteiger partial charge in [0.25, 0.3) is 0 Å². The molecule has 3 heteroatoms. The van der Waals surface area contributed by atoms with Crippen LogP contribution in [-0.2, 0) is 0 Å². The average Bonchev–Trinajstić information content (AvgIpc) is 2.81. The molecule has 2 nitrogen and oxygen atoms in total. The van der Waals surface area contributed by atoms with Crippen molar-refractivity contribution in [2.75, 3.05) is 0 Å². The maximum absolute atomic E-state index is 13.5. The number of hydrogen-bond acceptors (Lipinski definition) is 2. The summed E-state index contributed by atoms with van der Waals surface area (Å²) in [7, 11) is 0. The van der Waals surface area contributed by atoms with Crippen molar-refractivity contribution in [3.05, 3.63) is 29.6 Å². The Balaban J connectivity index is 2.07. The van der Waals surface area contributed by atoms with Crippen LogP contribution in [0.15, 0.2) is 18.2 Å². The zero-order valence-corrected chi connectivity index (χ0v) is 9.00. The Morgan fingerprint density at radius 2 is 2.20 bits per heavy atom. The summed E-state index contributed by atoms with van der Waals surface area (Å²) >= 11 is 0. The van der Waals surface area contributed by atoms with Crippen LogP contribution in [-0.4, -0.2) is 11.1 Å². The number of halogens is 1.